The lowest BCUT2D eigenvalue weighted by atomic mass is 10.0. The first-order chi connectivity index (χ1) is 31.1. The van der Waals surface area contributed by atoms with E-state index in [-0.39, 0.29) is 46.9 Å². The van der Waals surface area contributed by atoms with Crippen LogP contribution in [0.2, 0.25) is 0 Å². The van der Waals surface area contributed by atoms with Gasteiger partial charge >= 0.3 is 0 Å². The topological polar surface area (TPSA) is 220 Å². The van der Waals surface area contributed by atoms with Crippen LogP contribution < -0.4 is 26.4 Å². The molecule has 0 radical (unpaired) electrons. The van der Waals surface area contributed by atoms with E-state index < -0.39 is 29.7 Å². The number of nitrogens with one attached hydrogen (secondary N) is 3. The monoisotopic (exact) mass is 878 g/mol. The lowest BCUT2D eigenvalue weighted by Crippen LogP contribution is -2.54. The number of ether oxygens (including phenoxy) is 3. The van der Waals surface area contributed by atoms with Crippen LogP contribution in [-0.4, -0.2) is 144 Å². The van der Waals surface area contributed by atoms with Crippen LogP contribution in [0, 0.1) is 6.92 Å². The predicted molar refractivity (Wildman–Crippen MR) is 236 cm³/mol. The van der Waals surface area contributed by atoms with Gasteiger partial charge in [0.25, 0.3) is 17.4 Å². The summed E-state index contributed by atoms with van der Waals surface area (Å²) in [5.41, 5.74) is 3.01. The molecule has 1 atom stereocenters. The van der Waals surface area contributed by atoms with Gasteiger partial charge in [-0.3, -0.25) is 48.5 Å². The molecule has 3 aliphatic heterocycles. The third kappa shape index (κ3) is 9.67. The number of aryl methyl sites for hydroxylation is 1. The summed E-state index contributed by atoms with van der Waals surface area (Å²) in [4.78, 5) is 95.8. The maximum absolute atomic E-state index is 13.6. The number of imide groups is 2. The van der Waals surface area contributed by atoms with Gasteiger partial charge in [-0.25, -0.2) is 9.97 Å². The zero-order valence-electron chi connectivity index (χ0n) is 36.2. The van der Waals surface area contributed by atoms with Crippen molar-refractivity contribution in [3.05, 3.63) is 75.3 Å². The normalized spacial score (nSPS) is 18.2. The molecule has 0 spiro atoms. The average molecular weight is 879 g/mol. The molecule has 1 saturated carbocycles. The average Bonchev–Trinajstić information content (AvgIpc) is 3.90. The van der Waals surface area contributed by atoms with E-state index in [4.69, 9.17) is 19.2 Å². The number of hydrogen-bond acceptors (Lipinski definition) is 16. The van der Waals surface area contributed by atoms with Crippen LogP contribution in [0.5, 0.6) is 0 Å². The number of carbonyl (C=O) groups is 5. The van der Waals surface area contributed by atoms with Crippen molar-refractivity contribution in [3.8, 4) is 0 Å². The van der Waals surface area contributed by atoms with E-state index in [0.717, 1.165) is 69.0 Å². The minimum absolute atomic E-state index is 0.00458. The van der Waals surface area contributed by atoms with Gasteiger partial charge in [-0.05, 0) is 62.9 Å². The fraction of sp³-hybridized carbons (Fsp3) is 0.489. The molecule has 8 rings (SSSR count). The minimum Gasteiger partial charge on any atom is -0.382 e. The van der Waals surface area contributed by atoms with Crippen molar-refractivity contribution in [1.29, 1.82) is 0 Å². The van der Waals surface area contributed by atoms with Gasteiger partial charge in [0, 0.05) is 69.0 Å². The Balaban J connectivity index is 0.693. The van der Waals surface area contributed by atoms with Crippen LogP contribution in [-0.2, 0) is 23.8 Å². The zero-order valence-corrected chi connectivity index (χ0v) is 36.2. The molecule has 1 aliphatic carbocycles. The number of nitrogens with zero attached hydrogens (tertiary/aromatic N) is 7. The number of amides is 4. The summed E-state index contributed by atoms with van der Waals surface area (Å²) in [6.45, 7) is 10.6. The lowest BCUT2D eigenvalue weighted by Gasteiger charge is -2.35. The van der Waals surface area contributed by atoms with E-state index in [1.807, 2.05) is 18.3 Å². The number of piperidine rings is 1. The van der Waals surface area contributed by atoms with Crippen molar-refractivity contribution < 1.29 is 38.2 Å². The van der Waals surface area contributed by atoms with E-state index in [0.29, 0.717) is 80.2 Å². The third-order valence-corrected chi connectivity index (χ3v) is 12.3. The van der Waals surface area contributed by atoms with E-state index in [9.17, 15) is 28.8 Å². The van der Waals surface area contributed by atoms with Crippen LogP contribution in [0.4, 0.5) is 23.1 Å². The number of ketones is 1. The number of piperazine rings is 1. The Kier molecular flexibility index (Phi) is 14.0. The quantitative estimate of drug-likeness (QED) is 0.0700. The van der Waals surface area contributed by atoms with Crippen LogP contribution in [0.15, 0.2) is 47.5 Å². The summed E-state index contributed by atoms with van der Waals surface area (Å²) in [6.07, 6.45) is 7.51. The zero-order chi connectivity index (χ0) is 44.7. The first-order valence-electron chi connectivity index (χ1n) is 22.0. The minimum atomic E-state index is -1.02. The Labute approximate surface area is 369 Å². The molecule has 3 N–H and O–H groups in total. The summed E-state index contributed by atoms with van der Waals surface area (Å²) in [5, 5.41) is 9.27. The molecule has 4 aromatic rings. The second-order valence-electron chi connectivity index (χ2n) is 16.4. The molecule has 0 bridgehead atoms. The van der Waals surface area contributed by atoms with E-state index in [2.05, 4.69) is 35.7 Å². The van der Waals surface area contributed by atoms with Crippen molar-refractivity contribution in [2.24, 2.45) is 0 Å². The van der Waals surface area contributed by atoms with Gasteiger partial charge in [0.2, 0.25) is 17.8 Å². The van der Waals surface area contributed by atoms with Crippen LogP contribution in [0.25, 0.3) is 11.0 Å². The van der Waals surface area contributed by atoms with Gasteiger partial charge < -0.3 is 29.7 Å². The molecule has 2 saturated heterocycles. The molecule has 6 heterocycles. The molecule has 19 nitrogen and oxygen atoms in total. The molecule has 1 unspecified atom stereocenters. The van der Waals surface area contributed by atoms with Gasteiger partial charge in [0.1, 0.15) is 17.5 Å². The number of pyridine rings is 2. The molecular formula is C45H54N10O9. The smallest absolute Gasteiger partial charge is 0.264 e. The SMILES string of the molecule is CC(=O)c1c(C)c2cnc(Nc3ccc(N4CCN(CCOCCOCCOCCNc5cccc6c5C(=O)N(C5CCC(=O)NC5=O)C6=O)CC4)cn3)nc2n(C2CCCC2)c1=O. The van der Waals surface area contributed by atoms with Crippen molar-refractivity contribution in [3.63, 3.8) is 0 Å². The number of anilines is 4. The molecule has 19 heteroatoms. The van der Waals surface area contributed by atoms with Gasteiger partial charge in [-0.15, -0.1) is 0 Å². The Morgan fingerprint density at radius 1 is 0.844 bits per heavy atom. The molecule has 3 aromatic heterocycles. The highest BCUT2D eigenvalue weighted by atomic mass is 16.5. The Hall–Kier alpha value is -6.15. The van der Waals surface area contributed by atoms with Gasteiger partial charge in [0.05, 0.1) is 68.2 Å². The van der Waals surface area contributed by atoms with E-state index >= 15 is 0 Å². The number of rotatable bonds is 19. The van der Waals surface area contributed by atoms with Crippen molar-refractivity contribution in [1.82, 2.24) is 34.6 Å². The molecule has 1 aromatic carbocycles. The fourth-order valence-corrected chi connectivity index (χ4v) is 8.96. The maximum atomic E-state index is 13.6. The third-order valence-electron chi connectivity index (χ3n) is 12.3. The maximum Gasteiger partial charge on any atom is 0.264 e. The molecular weight excluding hydrogens is 825 g/mol. The van der Waals surface area contributed by atoms with Crippen LogP contribution in [0.3, 0.4) is 0 Å². The van der Waals surface area contributed by atoms with Crippen LogP contribution >= 0.6 is 0 Å². The number of benzene rings is 1. The number of hydrogen-bond donors (Lipinski definition) is 3. The largest absolute Gasteiger partial charge is 0.382 e. The summed E-state index contributed by atoms with van der Waals surface area (Å²) in [5.74, 6) is -1.49. The summed E-state index contributed by atoms with van der Waals surface area (Å²) < 4.78 is 18.8. The highest BCUT2D eigenvalue weighted by Crippen LogP contribution is 2.34. The second kappa shape index (κ2) is 20.1. The van der Waals surface area contributed by atoms with Gasteiger partial charge in [-0.1, -0.05) is 18.9 Å². The standard InChI is InChI=1S/C45H54N10O9/c1-28-33-27-48-45(51-40(33)54(30-6-3-4-7-30)43(60)38(28)29(2)56)49-36-12-10-31(26-47-36)53-17-15-52(16-18-53)19-21-63-23-25-64-24-22-62-20-14-46-34-9-5-8-32-39(34)44(61)55(42(32)59)35-11-13-37(57)50-41(35)58/h5,8-10,12,26-27,30,35,46H,3-4,6-7,11,13-25H2,1-2H3,(H,50,57,58)(H,47,48,49,51). The number of Topliss-reactive ketones (excluding diaryl/α,β-unsaturated/α-hetero) is 1. The Bertz CT molecular complexity index is 2460. The second-order valence-corrected chi connectivity index (χ2v) is 16.4. The highest BCUT2D eigenvalue weighted by molar-refractivity contribution is 6.25. The number of carbonyl (C=O) groups excluding carboxylic acids is 5. The Morgan fingerprint density at radius 2 is 1.58 bits per heavy atom. The van der Waals surface area contributed by atoms with Crippen molar-refractivity contribution in [2.75, 3.05) is 94.4 Å². The molecule has 338 valence electrons. The summed E-state index contributed by atoms with van der Waals surface area (Å²) >= 11 is 0. The number of aromatic nitrogens is 4. The first kappa shape index (κ1) is 44.5. The Morgan fingerprint density at radius 3 is 2.28 bits per heavy atom. The number of fused-ring (bicyclic) bond motifs is 2. The lowest BCUT2D eigenvalue weighted by molar-refractivity contribution is -0.136. The first-order valence-corrected chi connectivity index (χ1v) is 22.0. The highest BCUT2D eigenvalue weighted by Gasteiger charge is 2.45. The van der Waals surface area contributed by atoms with Crippen molar-refractivity contribution >= 4 is 63.6 Å². The van der Waals surface area contributed by atoms with E-state index in [1.54, 1.807) is 35.9 Å². The summed E-state index contributed by atoms with van der Waals surface area (Å²) in [7, 11) is 0. The summed E-state index contributed by atoms with van der Waals surface area (Å²) in [6, 6.07) is 7.85. The van der Waals surface area contributed by atoms with Crippen molar-refractivity contribution in [2.45, 2.75) is 64.5 Å². The van der Waals surface area contributed by atoms with E-state index in [1.165, 1.54) is 6.92 Å². The van der Waals surface area contributed by atoms with Gasteiger partial charge in [0.15, 0.2) is 5.78 Å². The molecule has 64 heavy (non-hydrogen) atoms. The molecule has 4 amide bonds. The fourth-order valence-electron chi connectivity index (χ4n) is 8.96. The van der Waals surface area contributed by atoms with Crippen LogP contribution in [0.1, 0.15) is 88.1 Å². The predicted octanol–water partition coefficient (Wildman–Crippen LogP) is 3.24. The molecule has 3 fully saturated rings. The molecule has 4 aliphatic rings. The van der Waals surface area contributed by atoms with Gasteiger partial charge in [-0.2, -0.15) is 4.98 Å².